The van der Waals surface area contributed by atoms with Crippen LogP contribution in [0.3, 0.4) is 0 Å². The lowest BCUT2D eigenvalue weighted by Gasteiger charge is -2.22. The average Bonchev–Trinajstić information content (AvgIpc) is 2.75. The smallest absolute Gasteiger partial charge is 0.161 e. The number of fused-ring (bicyclic) bond motifs is 1. The molecule has 0 saturated carbocycles. The van der Waals surface area contributed by atoms with Crippen molar-refractivity contribution >= 4 is 0 Å². The first-order chi connectivity index (χ1) is 7.84. The fraction of sp³-hybridized carbons (Fsp3) is 0.538. The van der Waals surface area contributed by atoms with Crippen LogP contribution in [0.25, 0.3) is 0 Å². The predicted octanol–water partition coefficient (Wildman–Crippen LogP) is 2.13. The van der Waals surface area contributed by atoms with Crippen LogP contribution in [-0.4, -0.2) is 19.8 Å². The summed E-state index contributed by atoms with van der Waals surface area (Å²) in [7, 11) is 0. The summed E-state index contributed by atoms with van der Waals surface area (Å²) in [5.74, 6) is 2.47. The van der Waals surface area contributed by atoms with Crippen molar-refractivity contribution in [2.24, 2.45) is 5.92 Å². The second kappa shape index (κ2) is 3.98. The van der Waals surface area contributed by atoms with Crippen molar-refractivity contribution in [3.63, 3.8) is 0 Å². The van der Waals surface area contributed by atoms with Crippen LogP contribution in [0.2, 0.25) is 0 Å². The number of benzene rings is 1. The Morgan fingerprint density at radius 1 is 1.19 bits per heavy atom. The van der Waals surface area contributed by atoms with Gasteiger partial charge in [0.05, 0.1) is 0 Å². The topological polar surface area (TPSA) is 30.5 Å². The van der Waals surface area contributed by atoms with Gasteiger partial charge < -0.3 is 14.8 Å². The van der Waals surface area contributed by atoms with Gasteiger partial charge in [-0.05, 0) is 36.6 Å². The van der Waals surface area contributed by atoms with Crippen LogP contribution in [0.15, 0.2) is 18.2 Å². The Morgan fingerprint density at radius 3 is 2.75 bits per heavy atom. The molecule has 0 aromatic heterocycles. The maximum absolute atomic E-state index is 5.61. The molecule has 1 N–H and O–H groups in total. The predicted molar refractivity (Wildman–Crippen MR) is 62.0 cm³/mol. The lowest BCUT2D eigenvalue weighted by molar-refractivity contribution is 0.171. The zero-order valence-corrected chi connectivity index (χ0v) is 9.53. The van der Waals surface area contributed by atoms with Crippen molar-refractivity contribution in [1.82, 2.24) is 5.32 Å². The molecule has 16 heavy (non-hydrogen) atoms. The third-order valence-corrected chi connectivity index (χ3v) is 3.46. The first kappa shape index (κ1) is 9.97. The van der Waals surface area contributed by atoms with E-state index in [9.17, 15) is 0 Å². The number of rotatable bonds is 1. The maximum Gasteiger partial charge on any atom is 0.161 e. The van der Waals surface area contributed by atoms with Crippen LogP contribution in [0.1, 0.15) is 24.9 Å². The highest BCUT2D eigenvalue weighted by molar-refractivity contribution is 5.44. The molecule has 2 aliphatic rings. The van der Waals surface area contributed by atoms with Crippen molar-refractivity contribution in [3.8, 4) is 11.5 Å². The Bertz CT molecular complexity index is 392. The normalized spacial score (nSPS) is 28.1. The van der Waals surface area contributed by atoms with Gasteiger partial charge in [-0.2, -0.15) is 0 Å². The second-order valence-electron chi connectivity index (χ2n) is 4.60. The summed E-state index contributed by atoms with van der Waals surface area (Å²) in [6, 6.07) is 6.76. The van der Waals surface area contributed by atoms with E-state index in [1.54, 1.807) is 0 Å². The molecule has 2 atom stereocenters. The largest absolute Gasteiger partial charge is 0.486 e. The molecule has 3 nitrogen and oxygen atoms in total. The van der Waals surface area contributed by atoms with Crippen molar-refractivity contribution in [1.29, 1.82) is 0 Å². The Morgan fingerprint density at radius 2 is 2.00 bits per heavy atom. The van der Waals surface area contributed by atoms with E-state index >= 15 is 0 Å². The summed E-state index contributed by atoms with van der Waals surface area (Å²) in [5, 5.41) is 3.53. The van der Waals surface area contributed by atoms with Gasteiger partial charge in [-0.1, -0.05) is 13.0 Å². The van der Waals surface area contributed by atoms with Gasteiger partial charge in [-0.25, -0.2) is 0 Å². The molecule has 0 spiro atoms. The first-order valence-electron chi connectivity index (χ1n) is 5.97. The zero-order valence-electron chi connectivity index (χ0n) is 9.53. The minimum absolute atomic E-state index is 0.468. The van der Waals surface area contributed by atoms with E-state index in [1.165, 1.54) is 12.0 Å². The standard InChI is InChI=1S/C13H17NO2/c1-9-4-5-14-13(9)10-2-3-11-12(8-10)16-7-6-15-11/h2-3,8-9,13-14H,4-7H2,1H3/t9-,13-/m0/s1. The van der Waals surface area contributed by atoms with Gasteiger partial charge in [-0.15, -0.1) is 0 Å². The Kier molecular flexibility index (Phi) is 2.48. The van der Waals surface area contributed by atoms with Gasteiger partial charge in [0.2, 0.25) is 0 Å². The molecule has 1 aromatic carbocycles. The minimum Gasteiger partial charge on any atom is -0.486 e. The summed E-state index contributed by atoms with van der Waals surface area (Å²) in [4.78, 5) is 0. The number of hydrogen-bond donors (Lipinski definition) is 1. The molecule has 0 unspecified atom stereocenters. The fourth-order valence-corrected chi connectivity index (χ4v) is 2.53. The quantitative estimate of drug-likeness (QED) is 0.785. The fourth-order valence-electron chi connectivity index (χ4n) is 2.53. The van der Waals surface area contributed by atoms with Crippen LogP contribution < -0.4 is 14.8 Å². The Hall–Kier alpha value is -1.22. The highest BCUT2D eigenvalue weighted by atomic mass is 16.6. The molecule has 86 valence electrons. The van der Waals surface area contributed by atoms with E-state index in [2.05, 4.69) is 24.4 Å². The van der Waals surface area contributed by atoms with Gasteiger partial charge in [0, 0.05) is 6.04 Å². The van der Waals surface area contributed by atoms with Crippen molar-refractivity contribution < 1.29 is 9.47 Å². The summed E-state index contributed by atoms with van der Waals surface area (Å²) in [5.41, 5.74) is 1.31. The molecule has 1 fully saturated rings. The molecule has 2 heterocycles. The molecule has 2 aliphatic heterocycles. The summed E-state index contributed by atoms with van der Waals surface area (Å²) >= 11 is 0. The summed E-state index contributed by atoms with van der Waals surface area (Å²) < 4.78 is 11.1. The van der Waals surface area contributed by atoms with E-state index < -0.39 is 0 Å². The minimum atomic E-state index is 0.468. The number of nitrogens with one attached hydrogen (secondary N) is 1. The van der Waals surface area contributed by atoms with E-state index in [0.717, 1.165) is 18.0 Å². The summed E-state index contributed by atoms with van der Waals surface area (Å²) in [6.07, 6.45) is 1.25. The van der Waals surface area contributed by atoms with Crippen LogP contribution in [0.5, 0.6) is 11.5 Å². The highest BCUT2D eigenvalue weighted by Crippen LogP contribution is 2.36. The highest BCUT2D eigenvalue weighted by Gasteiger charge is 2.25. The third kappa shape index (κ3) is 1.65. The van der Waals surface area contributed by atoms with E-state index in [-0.39, 0.29) is 0 Å². The van der Waals surface area contributed by atoms with Gasteiger partial charge in [0.1, 0.15) is 13.2 Å². The molecule has 0 radical (unpaired) electrons. The van der Waals surface area contributed by atoms with Gasteiger partial charge in [0.25, 0.3) is 0 Å². The molecule has 1 saturated heterocycles. The molecular formula is C13H17NO2. The molecule has 3 heteroatoms. The lowest BCUT2D eigenvalue weighted by atomic mass is 9.96. The second-order valence-corrected chi connectivity index (χ2v) is 4.60. The maximum atomic E-state index is 5.61. The van der Waals surface area contributed by atoms with Crippen molar-refractivity contribution in [3.05, 3.63) is 23.8 Å². The van der Waals surface area contributed by atoms with Crippen LogP contribution >= 0.6 is 0 Å². The molecule has 1 aromatic rings. The van der Waals surface area contributed by atoms with E-state index in [0.29, 0.717) is 25.2 Å². The van der Waals surface area contributed by atoms with Gasteiger partial charge in [-0.3, -0.25) is 0 Å². The SMILES string of the molecule is C[C@H]1CCN[C@@H]1c1ccc2c(c1)OCCO2. The van der Waals surface area contributed by atoms with Crippen LogP contribution in [-0.2, 0) is 0 Å². The van der Waals surface area contributed by atoms with Crippen molar-refractivity contribution in [2.75, 3.05) is 19.8 Å². The molecule has 3 rings (SSSR count). The number of ether oxygens (including phenoxy) is 2. The summed E-state index contributed by atoms with van der Waals surface area (Å²) in [6.45, 7) is 4.72. The molecule has 0 aliphatic carbocycles. The monoisotopic (exact) mass is 219 g/mol. The van der Waals surface area contributed by atoms with Crippen LogP contribution in [0.4, 0.5) is 0 Å². The van der Waals surface area contributed by atoms with E-state index in [1.807, 2.05) is 6.07 Å². The molecular weight excluding hydrogens is 202 g/mol. The zero-order chi connectivity index (χ0) is 11.0. The molecule has 0 amide bonds. The number of hydrogen-bond acceptors (Lipinski definition) is 3. The average molecular weight is 219 g/mol. The first-order valence-corrected chi connectivity index (χ1v) is 5.97. The lowest BCUT2D eigenvalue weighted by Crippen LogP contribution is -2.18. The van der Waals surface area contributed by atoms with Gasteiger partial charge >= 0.3 is 0 Å². The Balaban J connectivity index is 1.90. The van der Waals surface area contributed by atoms with Crippen LogP contribution in [0, 0.1) is 5.92 Å². The van der Waals surface area contributed by atoms with Crippen molar-refractivity contribution in [2.45, 2.75) is 19.4 Å². The van der Waals surface area contributed by atoms with E-state index in [4.69, 9.17) is 9.47 Å². The van der Waals surface area contributed by atoms with Gasteiger partial charge in [0.15, 0.2) is 11.5 Å². The Labute approximate surface area is 95.8 Å². The third-order valence-electron chi connectivity index (χ3n) is 3.46. The molecule has 0 bridgehead atoms.